The van der Waals surface area contributed by atoms with E-state index in [9.17, 15) is 9.59 Å². The van der Waals surface area contributed by atoms with E-state index < -0.39 is 12.1 Å². The number of ether oxygens (including phenoxy) is 2. The maximum Gasteiger partial charge on any atom is 0.348 e. The van der Waals surface area contributed by atoms with E-state index in [0.29, 0.717) is 18.0 Å². The average molecular weight is 368 g/mol. The number of nitrogens with zero attached hydrogens (tertiary/aromatic N) is 2. The predicted molar refractivity (Wildman–Crippen MR) is 103 cm³/mol. The standard InChI is InChI=1S/C21H24N2O4/c1-3-22(13-16-9-5-4-6-10-16)15-20(24)23-14-19(21(25)26-2)27-18-12-8-7-11-17(18)23/h4-12,19H,3,13-15H2,1-2H3. The van der Waals surface area contributed by atoms with Gasteiger partial charge in [0.2, 0.25) is 12.0 Å². The van der Waals surface area contributed by atoms with Crippen LogP contribution in [-0.4, -0.2) is 49.6 Å². The van der Waals surface area contributed by atoms with Gasteiger partial charge in [-0.15, -0.1) is 0 Å². The van der Waals surface area contributed by atoms with Crippen LogP contribution in [0.15, 0.2) is 54.6 Å². The molecule has 0 fully saturated rings. The third-order valence-corrected chi connectivity index (χ3v) is 4.59. The normalized spacial score (nSPS) is 15.8. The van der Waals surface area contributed by atoms with Crippen LogP contribution in [0.5, 0.6) is 5.75 Å². The van der Waals surface area contributed by atoms with Crippen LogP contribution in [0, 0.1) is 0 Å². The fraction of sp³-hybridized carbons (Fsp3) is 0.333. The molecular formula is C21H24N2O4. The number of methoxy groups -OCH3 is 1. The van der Waals surface area contributed by atoms with Crippen LogP contribution in [0.2, 0.25) is 0 Å². The van der Waals surface area contributed by atoms with Crippen molar-refractivity contribution in [3.63, 3.8) is 0 Å². The molecule has 0 N–H and O–H groups in total. The number of rotatable bonds is 6. The van der Waals surface area contributed by atoms with E-state index in [1.165, 1.54) is 7.11 Å². The van der Waals surface area contributed by atoms with E-state index in [1.54, 1.807) is 11.0 Å². The number of esters is 1. The second kappa shape index (κ2) is 8.68. The lowest BCUT2D eigenvalue weighted by molar-refractivity contribution is -0.148. The molecule has 2 aromatic rings. The van der Waals surface area contributed by atoms with Crippen LogP contribution in [0.1, 0.15) is 12.5 Å². The van der Waals surface area contributed by atoms with Gasteiger partial charge in [0, 0.05) is 6.54 Å². The number of carbonyl (C=O) groups excluding carboxylic acids is 2. The first-order chi connectivity index (χ1) is 13.1. The molecule has 142 valence electrons. The maximum atomic E-state index is 13.1. The Balaban J connectivity index is 1.76. The van der Waals surface area contributed by atoms with Gasteiger partial charge in [-0.05, 0) is 24.2 Å². The summed E-state index contributed by atoms with van der Waals surface area (Å²) in [5.41, 5.74) is 1.83. The Kier molecular flexibility index (Phi) is 6.08. The van der Waals surface area contributed by atoms with E-state index in [0.717, 1.165) is 12.1 Å². The highest BCUT2D eigenvalue weighted by Gasteiger charge is 2.34. The minimum Gasteiger partial charge on any atom is -0.475 e. The van der Waals surface area contributed by atoms with Gasteiger partial charge in [0.25, 0.3) is 0 Å². The zero-order valence-corrected chi connectivity index (χ0v) is 15.6. The van der Waals surface area contributed by atoms with Crippen LogP contribution < -0.4 is 9.64 Å². The highest BCUT2D eigenvalue weighted by molar-refractivity contribution is 5.98. The monoisotopic (exact) mass is 368 g/mol. The van der Waals surface area contributed by atoms with E-state index in [4.69, 9.17) is 9.47 Å². The van der Waals surface area contributed by atoms with Crippen molar-refractivity contribution >= 4 is 17.6 Å². The second-order valence-corrected chi connectivity index (χ2v) is 6.39. The molecule has 3 rings (SSSR count). The summed E-state index contributed by atoms with van der Waals surface area (Å²) in [6.07, 6.45) is -0.821. The molecule has 0 saturated heterocycles. The number of benzene rings is 2. The first-order valence-corrected chi connectivity index (χ1v) is 9.02. The SMILES string of the molecule is CCN(CC(=O)N1CC(C(=O)OC)Oc2ccccc21)Cc1ccccc1. The smallest absolute Gasteiger partial charge is 0.348 e. The summed E-state index contributed by atoms with van der Waals surface area (Å²) in [6.45, 7) is 3.86. The van der Waals surface area contributed by atoms with E-state index >= 15 is 0 Å². The Bertz CT molecular complexity index is 794. The van der Waals surface area contributed by atoms with Crippen LogP contribution in [0.3, 0.4) is 0 Å². The quantitative estimate of drug-likeness (QED) is 0.733. The number of hydrogen-bond donors (Lipinski definition) is 0. The number of para-hydroxylation sites is 2. The first-order valence-electron chi connectivity index (χ1n) is 9.02. The summed E-state index contributed by atoms with van der Waals surface area (Å²) in [7, 11) is 1.32. The lowest BCUT2D eigenvalue weighted by Gasteiger charge is -2.34. The van der Waals surface area contributed by atoms with Crippen molar-refractivity contribution in [1.29, 1.82) is 0 Å². The number of carbonyl (C=O) groups is 2. The molecule has 0 aromatic heterocycles. The molecule has 1 aliphatic heterocycles. The maximum absolute atomic E-state index is 13.1. The van der Waals surface area contributed by atoms with Crippen LogP contribution in [-0.2, 0) is 20.9 Å². The second-order valence-electron chi connectivity index (χ2n) is 6.39. The van der Waals surface area contributed by atoms with Crippen molar-refractivity contribution in [3.8, 4) is 5.75 Å². The molecule has 0 radical (unpaired) electrons. The largest absolute Gasteiger partial charge is 0.475 e. The van der Waals surface area contributed by atoms with Gasteiger partial charge in [0.05, 0.1) is 25.9 Å². The minimum absolute atomic E-state index is 0.0718. The Morgan fingerprint density at radius 3 is 2.56 bits per heavy atom. The average Bonchev–Trinajstić information content (AvgIpc) is 2.72. The van der Waals surface area contributed by atoms with Gasteiger partial charge in [-0.1, -0.05) is 49.4 Å². The van der Waals surface area contributed by atoms with Crippen LogP contribution in [0.25, 0.3) is 0 Å². The van der Waals surface area contributed by atoms with Gasteiger partial charge in [0.1, 0.15) is 5.75 Å². The van der Waals surface area contributed by atoms with E-state index in [2.05, 4.69) is 4.90 Å². The van der Waals surface area contributed by atoms with Crippen molar-refractivity contribution in [2.75, 3.05) is 31.6 Å². The van der Waals surface area contributed by atoms with Gasteiger partial charge in [-0.2, -0.15) is 0 Å². The van der Waals surface area contributed by atoms with Crippen LogP contribution in [0.4, 0.5) is 5.69 Å². The summed E-state index contributed by atoms with van der Waals surface area (Å²) in [5.74, 6) is -0.0463. The molecule has 2 aromatic carbocycles. The Labute approximate surface area is 159 Å². The van der Waals surface area contributed by atoms with E-state index in [1.807, 2.05) is 55.5 Å². The number of hydrogen-bond acceptors (Lipinski definition) is 5. The van der Waals surface area contributed by atoms with Crippen LogP contribution >= 0.6 is 0 Å². The minimum atomic E-state index is -0.821. The van der Waals surface area contributed by atoms with Gasteiger partial charge < -0.3 is 14.4 Å². The molecule has 1 aliphatic rings. The molecule has 0 spiro atoms. The molecule has 6 heteroatoms. The van der Waals surface area contributed by atoms with Gasteiger partial charge >= 0.3 is 5.97 Å². The highest BCUT2D eigenvalue weighted by Crippen LogP contribution is 2.33. The molecule has 1 amide bonds. The zero-order chi connectivity index (χ0) is 19.2. The van der Waals surface area contributed by atoms with Crippen molar-refractivity contribution in [2.45, 2.75) is 19.6 Å². The molecule has 0 bridgehead atoms. The molecule has 1 heterocycles. The Hall–Kier alpha value is -2.86. The summed E-state index contributed by atoms with van der Waals surface area (Å²) >= 11 is 0. The van der Waals surface area contributed by atoms with E-state index in [-0.39, 0.29) is 19.0 Å². The summed E-state index contributed by atoms with van der Waals surface area (Å²) in [5, 5.41) is 0. The van der Waals surface area contributed by atoms with Gasteiger partial charge in [-0.25, -0.2) is 4.79 Å². The molecule has 0 saturated carbocycles. The summed E-state index contributed by atoms with van der Waals surface area (Å²) in [6, 6.07) is 17.3. The lowest BCUT2D eigenvalue weighted by Crippen LogP contribution is -2.50. The van der Waals surface area contributed by atoms with Gasteiger partial charge in [0.15, 0.2) is 0 Å². The summed E-state index contributed by atoms with van der Waals surface area (Å²) < 4.78 is 10.5. The molecule has 1 atom stereocenters. The molecule has 27 heavy (non-hydrogen) atoms. The number of likely N-dealkylation sites (N-methyl/N-ethyl adjacent to an activating group) is 1. The number of amides is 1. The third-order valence-electron chi connectivity index (χ3n) is 4.59. The molecule has 1 unspecified atom stereocenters. The Morgan fingerprint density at radius 2 is 1.85 bits per heavy atom. The topological polar surface area (TPSA) is 59.1 Å². The molecule has 6 nitrogen and oxygen atoms in total. The fourth-order valence-corrected chi connectivity index (χ4v) is 3.12. The van der Waals surface area contributed by atoms with Crippen molar-refractivity contribution < 1.29 is 19.1 Å². The van der Waals surface area contributed by atoms with Crippen molar-refractivity contribution in [1.82, 2.24) is 4.90 Å². The third kappa shape index (κ3) is 4.46. The number of fused-ring (bicyclic) bond motifs is 1. The molecular weight excluding hydrogens is 344 g/mol. The summed E-state index contributed by atoms with van der Waals surface area (Å²) in [4.78, 5) is 28.7. The highest BCUT2D eigenvalue weighted by atomic mass is 16.6. The number of anilines is 1. The Morgan fingerprint density at radius 1 is 1.15 bits per heavy atom. The molecule has 0 aliphatic carbocycles. The van der Waals surface area contributed by atoms with Gasteiger partial charge in [-0.3, -0.25) is 9.69 Å². The fourth-order valence-electron chi connectivity index (χ4n) is 3.12. The lowest BCUT2D eigenvalue weighted by atomic mass is 10.1. The van der Waals surface area contributed by atoms with Crippen molar-refractivity contribution in [3.05, 3.63) is 60.2 Å². The first kappa shape index (κ1) is 18.9. The predicted octanol–water partition coefficient (Wildman–Crippen LogP) is 2.48. The zero-order valence-electron chi connectivity index (χ0n) is 15.6. The van der Waals surface area contributed by atoms with Crippen molar-refractivity contribution in [2.24, 2.45) is 0 Å².